The maximum absolute atomic E-state index is 11.2. The molecule has 6 heteroatoms. The lowest BCUT2D eigenvalue weighted by atomic mass is 10.2. The van der Waals surface area contributed by atoms with Gasteiger partial charge in [0.25, 0.3) is 0 Å². The second-order valence-electron chi connectivity index (χ2n) is 4.44. The van der Waals surface area contributed by atoms with Crippen molar-refractivity contribution in [3.05, 3.63) is 35.9 Å². The highest BCUT2D eigenvalue weighted by atomic mass is 16.8. The molecular formula is C13H13NO5. The second kappa shape index (κ2) is 4.99. The summed E-state index contributed by atoms with van der Waals surface area (Å²) < 4.78 is 10.7. The van der Waals surface area contributed by atoms with E-state index in [1.807, 2.05) is 30.3 Å². The molecule has 2 aliphatic rings. The lowest BCUT2D eigenvalue weighted by Gasteiger charge is -2.29. The molecule has 19 heavy (non-hydrogen) atoms. The number of ether oxygens (including phenoxy) is 2. The summed E-state index contributed by atoms with van der Waals surface area (Å²) in [6.45, 7) is 0.935. The number of hydroxylamine groups is 2. The summed E-state index contributed by atoms with van der Waals surface area (Å²) in [6, 6.07) is 9.71. The molecule has 1 aromatic rings. The van der Waals surface area contributed by atoms with E-state index in [4.69, 9.17) is 14.3 Å². The third-order valence-electron chi connectivity index (χ3n) is 3.14. The van der Waals surface area contributed by atoms with Crippen molar-refractivity contribution in [2.45, 2.75) is 25.4 Å². The van der Waals surface area contributed by atoms with Gasteiger partial charge in [0.15, 0.2) is 0 Å². The molecular weight excluding hydrogens is 250 g/mol. The lowest BCUT2D eigenvalue weighted by molar-refractivity contribution is -0.266. The molecule has 0 saturated carbocycles. The van der Waals surface area contributed by atoms with Crippen molar-refractivity contribution >= 4 is 11.9 Å². The van der Waals surface area contributed by atoms with Crippen molar-refractivity contribution in [2.24, 2.45) is 0 Å². The molecule has 3 rings (SSSR count). The molecule has 2 atom stereocenters. The SMILES string of the molecule is O=C1OC2[C@H](OCc3ccccc3)CCN2OC1=O. The van der Waals surface area contributed by atoms with Crippen LogP contribution < -0.4 is 0 Å². The Morgan fingerprint density at radius 1 is 1.21 bits per heavy atom. The number of fused-ring (bicyclic) bond motifs is 1. The van der Waals surface area contributed by atoms with Crippen LogP contribution in [0.1, 0.15) is 12.0 Å². The van der Waals surface area contributed by atoms with Crippen LogP contribution in [0.5, 0.6) is 0 Å². The molecule has 0 N–H and O–H groups in total. The van der Waals surface area contributed by atoms with E-state index in [2.05, 4.69) is 0 Å². The smallest absolute Gasteiger partial charge is 0.432 e. The van der Waals surface area contributed by atoms with Crippen LogP contribution in [-0.4, -0.2) is 35.9 Å². The van der Waals surface area contributed by atoms with Crippen molar-refractivity contribution in [1.82, 2.24) is 5.06 Å². The third kappa shape index (κ3) is 2.45. The van der Waals surface area contributed by atoms with Crippen LogP contribution in [-0.2, 0) is 30.5 Å². The molecule has 2 saturated heterocycles. The summed E-state index contributed by atoms with van der Waals surface area (Å²) >= 11 is 0. The van der Waals surface area contributed by atoms with Gasteiger partial charge in [-0.2, -0.15) is 0 Å². The molecule has 2 aliphatic heterocycles. The van der Waals surface area contributed by atoms with Gasteiger partial charge in [0, 0.05) is 6.54 Å². The third-order valence-corrected chi connectivity index (χ3v) is 3.14. The van der Waals surface area contributed by atoms with E-state index in [1.54, 1.807) is 0 Å². The first-order chi connectivity index (χ1) is 9.24. The highest BCUT2D eigenvalue weighted by Gasteiger charge is 2.46. The average molecular weight is 263 g/mol. The zero-order valence-corrected chi connectivity index (χ0v) is 10.2. The number of benzene rings is 1. The minimum Gasteiger partial charge on any atom is -0.432 e. The Bertz CT molecular complexity index is 489. The molecule has 100 valence electrons. The zero-order chi connectivity index (χ0) is 13.2. The Hall–Kier alpha value is -1.92. The first kappa shape index (κ1) is 12.1. The van der Waals surface area contributed by atoms with Crippen LogP contribution in [0, 0.1) is 0 Å². The molecule has 0 bridgehead atoms. The van der Waals surface area contributed by atoms with E-state index in [1.165, 1.54) is 5.06 Å². The monoisotopic (exact) mass is 263 g/mol. The fourth-order valence-electron chi connectivity index (χ4n) is 2.19. The van der Waals surface area contributed by atoms with Crippen LogP contribution in [0.4, 0.5) is 0 Å². The summed E-state index contributed by atoms with van der Waals surface area (Å²) in [4.78, 5) is 27.1. The highest BCUT2D eigenvalue weighted by molar-refractivity contribution is 6.29. The molecule has 1 unspecified atom stereocenters. The van der Waals surface area contributed by atoms with E-state index < -0.39 is 18.2 Å². The molecule has 2 fully saturated rings. The number of hydrogen-bond acceptors (Lipinski definition) is 6. The van der Waals surface area contributed by atoms with Crippen molar-refractivity contribution in [3.63, 3.8) is 0 Å². The quantitative estimate of drug-likeness (QED) is 0.588. The second-order valence-corrected chi connectivity index (χ2v) is 4.44. The number of hydrogen-bond donors (Lipinski definition) is 0. The summed E-state index contributed by atoms with van der Waals surface area (Å²) in [5.41, 5.74) is 1.04. The van der Waals surface area contributed by atoms with Crippen LogP contribution in [0.15, 0.2) is 30.3 Å². The molecule has 1 aromatic carbocycles. The largest absolute Gasteiger partial charge is 0.436 e. The zero-order valence-electron chi connectivity index (χ0n) is 10.2. The van der Waals surface area contributed by atoms with Crippen molar-refractivity contribution in [1.29, 1.82) is 0 Å². The fourth-order valence-corrected chi connectivity index (χ4v) is 2.19. The number of esters is 1. The summed E-state index contributed by atoms with van der Waals surface area (Å²) in [7, 11) is 0. The lowest BCUT2D eigenvalue weighted by Crippen LogP contribution is -2.48. The fraction of sp³-hybridized carbons (Fsp3) is 0.385. The Balaban J connectivity index is 1.61. The van der Waals surface area contributed by atoms with Crippen molar-refractivity contribution in [2.75, 3.05) is 6.54 Å². The standard InChI is InChI=1S/C13H13NO5/c15-12-13(16)19-14-7-6-10(11(14)18-12)17-8-9-4-2-1-3-5-9/h1-5,10-11H,6-8H2/t10-,11?/m1/s1. The first-order valence-electron chi connectivity index (χ1n) is 6.09. The van der Waals surface area contributed by atoms with Crippen molar-refractivity contribution < 1.29 is 23.9 Å². The number of nitrogens with zero attached hydrogens (tertiary/aromatic N) is 1. The number of carbonyl (C=O) groups is 2. The van der Waals surface area contributed by atoms with Crippen molar-refractivity contribution in [3.8, 4) is 0 Å². The van der Waals surface area contributed by atoms with Gasteiger partial charge in [-0.15, -0.1) is 0 Å². The molecule has 6 nitrogen and oxygen atoms in total. The summed E-state index contributed by atoms with van der Waals surface area (Å²) in [6.07, 6.45) is -0.260. The van der Waals surface area contributed by atoms with Gasteiger partial charge < -0.3 is 14.3 Å². The van der Waals surface area contributed by atoms with Gasteiger partial charge in [0.1, 0.15) is 6.10 Å². The van der Waals surface area contributed by atoms with Gasteiger partial charge in [-0.05, 0) is 12.0 Å². The number of carbonyl (C=O) groups excluding carboxylic acids is 2. The maximum Gasteiger partial charge on any atom is 0.436 e. The number of rotatable bonds is 3. The van der Waals surface area contributed by atoms with Crippen LogP contribution >= 0.6 is 0 Å². The average Bonchev–Trinajstić information content (AvgIpc) is 2.80. The van der Waals surface area contributed by atoms with Gasteiger partial charge in [-0.3, -0.25) is 0 Å². The molecule has 0 radical (unpaired) electrons. The van der Waals surface area contributed by atoms with Crippen LogP contribution in [0.25, 0.3) is 0 Å². The van der Waals surface area contributed by atoms with E-state index >= 15 is 0 Å². The summed E-state index contributed by atoms with van der Waals surface area (Å²) in [5, 5.41) is 1.36. The minimum absolute atomic E-state index is 0.280. The minimum atomic E-state index is -0.972. The van der Waals surface area contributed by atoms with Gasteiger partial charge in [0.2, 0.25) is 6.23 Å². The van der Waals surface area contributed by atoms with E-state index in [0.717, 1.165) is 5.56 Å². The molecule has 2 heterocycles. The van der Waals surface area contributed by atoms with Gasteiger partial charge in [0.05, 0.1) is 6.61 Å². The Kier molecular flexibility index (Phi) is 3.18. The van der Waals surface area contributed by atoms with Gasteiger partial charge in [-0.1, -0.05) is 35.4 Å². The van der Waals surface area contributed by atoms with E-state index in [9.17, 15) is 9.59 Å². The Morgan fingerprint density at radius 3 is 2.79 bits per heavy atom. The molecule has 0 spiro atoms. The molecule has 0 amide bonds. The summed E-state index contributed by atoms with van der Waals surface area (Å²) in [5.74, 6) is -1.93. The molecule has 0 aliphatic carbocycles. The Morgan fingerprint density at radius 2 is 2.00 bits per heavy atom. The van der Waals surface area contributed by atoms with Crippen LogP contribution in [0.2, 0.25) is 0 Å². The van der Waals surface area contributed by atoms with E-state index in [-0.39, 0.29) is 6.10 Å². The normalized spacial score (nSPS) is 26.7. The highest BCUT2D eigenvalue weighted by Crippen LogP contribution is 2.26. The predicted octanol–water partition coefficient (Wildman–Crippen LogP) is 0.619. The predicted molar refractivity (Wildman–Crippen MR) is 62.3 cm³/mol. The van der Waals surface area contributed by atoms with Crippen LogP contribution in [0.3, 0.4) is 0 Å². The first-order valence-corrected chi connectivity index (χ1v) is 6.09. The molecule has 0 aromatic heterocycles. The van der Waals surface area contributed by atoms with E-state index in [0.29, 0.717) is 19.6 Å². The van der Waals surface area contributed by atoms with Gasteiger partial charge >= 0.3 is 11.9 Å². The Labute approximate surface area is 109 Å². The maximum atomic E-state index is 11.2. The van der Waals surface area contributed by atoms with Gasteiger partial charge in [-0.25, -0.2) is 9.59 Å². The topological polar surface area (TPSA) is 65.1 Å².